The van der Waals surface area contributed by atoms with Gasteiger partial charge in [-0.2, -0.15) is 0 Å². The van der Waals surface area contributed by atoms with Gasteiger partial charge in [-0.3, -0.25) is 20.2 Å². The highest BCUT2D eigenvalue weighted by Gasteiger charge is 2.30. The summed E-state index contributed by atoms with van der Waals surface area (Å²) in [6.07, 6.45) is 1.78. The van der Waals surface area contributed by atoms with Crippen LogP contribution in [0.5, 0.6) is 5.75 Å². The van der Waals surface area contributed by atoms with E-state index in [1.165, 1.54) is 0 Å². The fourth-order valence-corrected chi connectivity index (χ4v) is 2.61. The Bertz CT molecular complexity index is 515. The number of hydrogen-bond acceptors (Lipinski definition) is 4. The van der Waals surface area contributed by atoms with Gasteiger partial charge in [0.15, 0.2) is 0 Å². The molecular weight excluding hydrogens is 244 g/mol. The Kier molecular flexibility index (Phi) is 3.21. The average molecular weight is 260 g/mol. The second-order valence-corrected chi connectivity index (χ2v) is 4.90. The highest BCUT2D eigenvalue weighted by molar-refractivity contribution is 6.00. The summed E-state index contributed by atoms with van der Waals surface area (Å²) in [5, 5.41) is 5.71. The number of piperidine rings is 1. The summed E-state index contributed by atoms with van der Waals surface area (Å²) >= 11 is 0. The largest absolute Gasteiger partial charge is 0.493 e. The van der Waals surface area contributed by atoms with Crippen molar-refractivity contribution in [3.63, 3.8) is 0 Å². The molecule has 3 rings (SSSR count). The number of nitrogens with one attached hydrogen (secondary N) is 2. The quantitative estimate of drug-likeness (QED) is 0.775. The molecule has 2 aliphatic heterocycles. The van der Waals surface area contributed by atoms with E-state index in [2.05, 4.69) is 10.6 Å². The summed E-state index contributed by atoms with van der Waals surface area (Å²) in [6.45, 7) is 0.641. The minimum Gasteiger partial charge on any atom is -0.493 e. The normalized spacial score (nSPS) is 26.3. The third-order valence-electron chi connectivity index (χ3n) is 3.60. The summed E-state index contributed by atoms with van der Waals surface area (Å²) < 4.78 is 5.59. The monoisotopic (exact) mass is 260 g/mol. The summed E-state index contributed by atoms with van der Waals surface area (Å²) in [7, 11) is 0. The molecule has 0 spiro atoms. The smallest absolute Gasteiger partial charge is 0.243 e. The van der Waals surface area contributed by atoms with Crippen LogP contribution in [0.25, 0.3) is 0 Å². The van der Waals surface area contributed by atoms with Crippen LogP contribution in [-0.4, -0.2) is 24.5 Å². The lowest BCUT2D eigenvalue weighted by Gasteiger charge is -2.31. The zero-order valence-corrected chi connectivity index (χ0v) is 10.5. The van der Waals surface area contributed by atoms with Crippen molar-refractivity contribution in [2.45, 2.75) is 31.3 Å². The molecule has 1 saturated heterocycles. The Morgan fingerprint density at radius 2 is 2.00 bits per heavy atom. The van der Waals surface area contributed by atoms with E-state index in [1.54, 1.807) is 0 Å². The Morgan fingerprint density at radius 1 is 1.16 bits per heavy atom. The number of imide groups is 1. The first-order valence-electron chi connectivity index (χ1n) is 6.55. The van der Waals surface area contributed by atoms with E-state index in [-0.39, 0.29) is 23.9 Å². The summed E-state index contributed by atoms with van der Waals surface area (Å²) in [4.78, 5) is 22.9. The maximum atomic E-state index is 11.8. The lowest BCUT2D eigenvalue weighted by molar-refractivity contribution is -0.134. The van der Waals surface area contributed by atoms with Gasteiger partial charge in [-0.25, -0.2) is 0 Å². The van der Waals surface area contributed by atoms with Gasteiger partial charge in [0, 0.05) is 24.4 Å². The van der Waals surface area contributed by atoms with Crippen molar-refractivity contribution in [3.8, 4) is 5.75 Å². The molecule has 0 aliphatic carbocycles. The van der Waals surface area contributed by atoms with Crippen LogP contribution in [0.15, 0.2) is 24.3 Å². The third-order valence-corrected chi connectivity index (χ3v) is 3.60. The van der Waals surface area contributed by atoms with Gasteiger partial charge in [-0.1, -0.05) is 18.2 Å². The van der Waals surface area contributed by atoms with Gasteiger partial charge < -0.3 is 4.74 Å². The van der Waals surface area contributed by atoms with Gasteiger partial charge in [0.1, 0.15) is 5.75 Å². The molecule has 2 aliphatic rings. The van der Waals surface area contributed by atoms with Crippen molar-refractivity contribution in [1.82, 2.24) is 10.6 Å². The lowest BCUT2D eigenvalue weighted by atomic mass is 9.97. The maximum Gasteiger partial charge on any atom is 0.243 e. The van der Waals surface area contributed by atoms with E-state index in [9.17, 15) is 9.59 Å². The molecule has 0 aromatic heterocycles. The standard InChI is InChI=1S/C14H16N2O3/c17-13-6-5-11(14(18)16-13)15-10-7-8-19-12-4-2-1-3-9(10)12/h1-4,10-11,15H,5-8H2,(H,16,17,18). The first-order valence-corrected chi connectivity index (χ1v) is 6.55. The van der Waals surface area contributed by atoms with Crippen LogP contribution < -0.4 is 15.4 Å². The number of para-hydroxylation sites is 1. The number of hydrogen-bond donors (Lipinski definition) is 2. The van der Waals surface area contributed by atoms with Crippen LogP contribution in [0.4, 0.5) is 0 Å². The van der Waals surface area contributed by atoms with Crippen molar-refractivity contribution >= 4 is 11.8 Å². The number of benzene rings is 1. The SMILES string of the molecule is O=C1CCC(NC2CCOc3ccccc32)C(=O)N1. The van der Waals surface area contributed by atoms with Gasteiger partial charge in [0.2, 0.25) is 11.8 Å². The van der Waals surface area contributed by atoms with Crippen LogP contribution in [0.3, 0.4) is 0 Å². The second kappa shape index (κ2) is 5.01. The Hall–Kier alpha value is -1.88. The van der Waals surface area contributed by atoms with Crippen molar-refractivity contribution in [2.75, 3.05) is 6.61 Å². The number of amides is 2. The van der Waals surface area contributed by atoms with Gasteiger partial charge >= 0.3 is 0 Å². The van der Waals surface area contributed by atoms with E-state index < -0.39 is 0 Å². The highest BCUT2D eigenvalue weighted by atomic mass is 16.5. The zero-order valence-electron chi connectivity index (χ0n) is 10.5. The molecule has 0 saturated carbocycles. The summed E-state index contributed by atoms with van der Waals surface area (Å²) in [5.74, 6) is 0.467. The van der Waals surface area contributed by atoms with Crippen molar-refractivity contribution in [2.24, 2.45) is 0 Å². The minimum absolute atomic E-state index is 0.105. The maximum absolute atomic E-state index is 11.8. The highest BCUT2D eigenvalue weighted by Crippen LogP contribution is 2.32. The number of carbonyl (C=O) groups excluding carboxylic acids is 2. The zero-order chi connectivity index (χ0) is 13.2. The Labute approximate surface area is 111 Å². The van der Waals surface area contributed by atoms with Crippen LogP contribution in [0.1, 0.15) is 30.9 Å². The van der Waals surface area contributed by atoms with Gasteiger partial charge in [-0.15, -0.1) is 0 Å². The number of rotatable bonds is 2. The van der Waals surface area contributed by atoms with Gasteiger partial charge in [0.05, 0.1) is 12.6 Å². The number of carbonyl (C=O) groups is 2. The lowest BCUT2D eigenvalue weighted by Crippen LogP contribution is -2.51. The van der Waals surface area contributed by atoms with E-state index in [0.29, 0.717) is 19.4 Å². The van der Waals surface area contributed by atoms with Crippen LogP contribution in [0.2, 0.25) is 0 Å². The van der Waals surface area contributed by atoms with E-state index in [4.69, 9.17) is 4.74 Å². The molecule has 5 heteroatoms. The fourth-order valence-electron chi connectivity index (χ4n) is 2.61. The van der Waals surface area contributed by atoms with E-state index >= 15 is 0 Å². The molecule has 1 aromatic rings. The molecule has 2 amide bonds. The molecule has 0 radical (unpaired) electrons. The van der Waals surface area contributed by atoms with Crippen LogP contribution in [-0.2, 0) is 9.59 Å². The second-order valence-electron chi connectivity index (χ2n) is 4.90. The number of ether oxygens (including phenoxy) is 1. The predicted octanol–water partition coefficient (Wildman–Crippen LogP) is 0.905. The number of fused-ring (bicyclic) bond motifs is 1. The van der Waals surface area contributed by atoms with Gasteiger partial charge in [-0.05, 0) is 12.5 Å². The molecule has 0 bridgehead atoms. The first-order chi connectivity index (χ1) is 9.24. The predicted molar refractivity (Wildman–Crippen MR) is 68.6 cm³/mol. The molecular formula is C14H16N2O3. The molecule has 1 aromatic carbocycles. The third kappa shape index (κ3) is 2.46. The van der Waals surface area contributed by atoms with Crippen molar-refractivity contribution < 1.29 is 14.3 Å². The average Bonchev–Trinajstić information content (AvgIpc) is 2.42. The molecule has 19 heavy (non-hydrogen) atoms. The van der Waals surface area contributed by atoms with Crippen LogP contribution in [0, 0.1) is 0 Å². The fraction of sp³-hybridized carbons (Fsp3) is 0.429. The molecule has 2 atom stereocenters. The first kappa shape index (κ1) is 12.2. The Morgan fingerprint density at radius 3 is 2.84 bits per heavy atom. The molecule has 100 valence electrons. The molecule has 2 unspecified atom stereocenters. The van der Waals surface area contributed by atoms with Gasteiger partial charge in [0.25, 0.3) is 0 Å². The van der Waals surface area contributed by atoms with E-state index in [1.807, 2.05) is 24.3 Å². The Balaban J connectivity index is 1.74. The van der Waals surface area contributed by atoms with Crippen LogP contribution >= 0.6 is 0 Å². The summed E-state index contributed by atoms with van der Waals surface area (Å²) in [5.41, 5.74) is 1.08. The molecule has 2 N–H and O–H groups in total. The summed E-state index contributed by atoms with van der Waals surface area (Å²) in [6, 6.07) is 7.66. The molecule has 5 nitrogen and oxygen atoms in total. The minimum atomic E-state index is -0.297. The topological polar surface area (TPSA) is 67.4 Å². The molecule has 2 heterocycles. The van der Waals surface area contributed by atoms with Crippen molar-refractivity contribution in [1.29, 1.82) is 0 Å². The van der Waals surface area contributed by atoms with Crippen molar-refractivity contribution in [3.05, 3.63) is 29.8 Å². The van der Waals surface area contributed by atoms with E-state index in [0.717, 1.165) is 17.7 Å². The molecule has 1 fully saturated rings.